The summed E-state index contributed by atoms with van der Waals surface area (Å²) in [4.78, 5) is 2.79. The molecule has 3 rings (SSSR count). The zero-order chi connectivity index (χ0) is 34.8. The van der Waals surface area contributed by atoms with Crippen LogP contribution in [-0.4, -0.2) is 4.70 Å². The summed E-state index contributed by atoms with van der Waals surface area (Å²) in [7, 11) is 0. The third-order valence-corrected chi connectivity index (χ3v) is 11.1. The van der Waals surface area contributed by atoms with Crippen LogP contribution in [0.25, 0.3) is 16.9 Å². The van der Waals surface area contributed by atoms with Crippen molar-refractivity contribution < 1.29 is 22.7 Å². The van der Waals surface area contributed by atoms with E-state index >= 15 is 0 Å². The molecule has 0 atom stereocenters. The van der Waals surface area contributed by atoms with Crippen molar-refractivity contribution in [3.05, 3.63) is 87.5 Å². The van der Waals surface area contributed by atoms with Gasteiger partial charge in [-0.05, 0) is 86.8 Å². The number of benzene rings is 2. The van der Waals surface area contributed by atoms with Crippen molar-refractivity contribution in [2.75, 3.05) is 0 Å². The SMILES string of the molecule is CCCCCCCCCCCCCc1cccc(C2=C(CCCC)C(CCCC)=C(c3cccc(CCCC)c3)[N+]2=[N-])c1.C[CH2][Pd][CH2]C. The van der Waals surface area contributed by atoms with Crippen molar-refractivity contribution in [3.63, 3.8) is 0 Å². The summed E-state index contributed by atoms with van der Waals surface area (Å²) in [5, 5.41) is 0. The summed E-state index contributed by atoms with van der Waals surface area (Å²) in [6.07, 6.45) is 26.4. The van der Waals surface area contributed by atoms with E-state index in [2.05, 4.69) is 90.1 Å². The Labute approximate surface area is 306 Å². The summed E-state index contributed by atoms with van der Waals surface area (Å²) >= 11 is 1.04. The molecule has 0 spiro atoms. The van der Waals surface area contributed by atoms with E-state index in [1.807, 2.05) is 0 Å². The maximum absolute atomic E-state index is 11.9. The molecular weight excluding hydrogens is 675 g/mol. The van der Waals surface area contributed by atoms with E-state index < -0.39 is 0 Å². The van der Waals surface area contributed by atoms with E-state index in [-0.39, 0.29) is 0 Å². The molecule has 2 aromatic rings. The van der Waals surface area contributed by atoms with E-state index in [4.69, 9.17) is 0 Å². The zero-order valence-electron chi connectivity index (χ0n) is 32.1. The molecule has 272 valence electrons. The molecule has 0 saturated heterocycles. The number of allylic oxidation sites excluding steroid dienone is 2. The van der Waals surface area contributed by atoms with Gasteiger partial charge in [-0.3, -0.25) is 0 Å². The zero-order valence-corrected chi connectivity index (χ0v) is 33.6. The molecule has 3 heteroatoms. The van der Waals surface area contributed by atoms with Gasteiger partial charge in [-0.25, -0.2) is 4.70 Å². The van der Waals surface area contributed by atoms with Gasteiger partial charge in [0, 0.05) is 22.3 Å². The molecule has 0 unspecified atom stereocenters. The van der Waals surface area contributed by atoms with Crippen LogP contribution in [0.3, 0.4) is 0 Å². The molecule has 0 radical (unpaired) electrons. The fraction of sp³-hybridized carbons (Fsp3) is 0.644. The first-order valence-corrected chi connectivity index (χ1v) is 22.3. The molecule has 2 nitrogen and oxygen atoms in total. The van der Waals surface area contributed by atoms with Gasteiger partial charge < -0.3 is 5.53 Å². The van der Waals surface area contributed by atoms with Crippen molar-refractivity contribution in [1.82, 2.24) is 0 Å². The first kappa shape index (κ1) is 42.4. The first-order chi connectivity index (χ1) is 23.6. The van der Waals surface area contributed by atoms with Crippen LogP contribution in [-0.2, 0) is 30.8 Å². The Morgan fingerprint density at radius 2 is 0.833 bits per heavy atom. The molecule has 1 aliphatic heterocycles. The van der Waals surface area contributed by atoms with Gasteiger partial charge in [-0.2, -0.15) is 0 Å². The van der Waals surface area contributed by atoms with Crippen molar-refractivity contribution in [1.29, 1.82) is 0 Å². The van der Waals surface area contributed by atoms with Gasteiger partial charge in [0.15, 0.2) is 0 Å². The second-order valence-corrected chi connectivity index (χ2v) is 16.5. The molecule has 0 bridgehead atoms. The molecule has 1 aliphatic rings. The van der Waals surface area contributed by atoms with Crippen molar-refractivity contribution in [2.45, 2.75) is 186 Å². The number of rotatable bonds is 25. The van der Waals surface area contributed by atoms with Gasteiger partial charge in [0.25, 0.3) is 0 Å². The van der Waals surface area contributed by atoms with Crippen LogP contribution >= 0.6 is 0 Å². The number of nitrogens with zero attached hydrogens (tertiary/aromatic N) is 2. The van der Waals surface area contributed by atoms with Crippen LogP contribution < -0.4 is 0 Å². The molecule has 0 aliphatic carbocycles. The standard InChI is InChI=1S/C41H62N2.2C2H5.Pd/c1-5-9-13-14-15-16-17-18-19-20-21-25-35-27-23-29-37(33-35)41-39(31-12-8-4)38(30-11-7-3)40(43(41)42)36-28-22-26-34(32-36)24-10-6-2;2*1-2;/h22-23,26-29,32-33H,5-21,24-25,30-31H2,1-4H3;2*1H2,2H3;. The Hall–Kier alpha value is -1.82. The first-order valence-electron chi connectivity index (χ1n) is 20.1. The van der Waals surface area contributed by atoms with Crippen molar-refractivity contribution in [3.8, 4) is 0 Å². The van der Waals surface area contributed by atoms with Gasteiger partial charge in [0.2, 0.25) is 11.4 Å². The second-order valence-electron chi connectivity index (χ2n) is 13.6. The predicted molar refractivity (Wildman–Crippen MR) is 209 cm³/mol. The Morgan fingerprint density at radius 3 is 1.23 bits per heavy atom. The van der Waals surface area contributed by atoms with Gasteiger partial charge in [0.1, 0.15) is 0 Å². The summed E-state index contributed by atoms with van der Waals surface area (Å²) in [5.41, 5.74) is 21.8. The van der Waals surface area contributed by atoms with Crippen LogP contribution in [0.15, 0.2) is 59.7 Å². The third kappa shape index (κ3) is 15.4. The Kier molecular flexibility index (Phi) is 23.8. The fourth-order valence-electron chi connectivity index (χ4n) is 6.77. The summed E-state index contributed by atoms with van der Waals surface area (Å²) in [5.74, 6) is 0. The van der Waals surface area contributed by atoms with Crippen molar-refractivity contribution >= 4 is 11.4 Å². The Morgan fingerprint density at radius 1 is 0.458 bits per heavy atom. The molecule has 1 heterocycles. The Bertz CT molecular complexity index is 1220. The van der Waals surface area contributed by atoms with E-state index in [1.54, 1.807) is 4.70 Å². The number of hydrogen-bond acceptors (Lipinski definition) is 0. The van der Waals surface area contributed by atoms with Gasteiger partial charge >= 0.3 is 41.6 Å². The van der Waals surface area contributed by atoms with E-state index in [0.717, 1.165) is 86.3 Å². The molecule has 0 saturated carbocycles. The van der Waals surface area contributed by atoms with Crippen LogP contribution in [0.2, 0.25) is 9.79 Å². The average molecular weight is 748 g/mol. The molecule has 0 aromatic heterocycles. The molecule has 0 amide bonds. The molecular formula is C45H72N2Pd. The number of hydrogen-bond donors (Lipinski definition) is 0. The molecule has 0 fully saturated rings. The fourth-order valence-corrected chi connectivity index (χ4v) is 7.55. The van der Waals surface area contributed by atoms with Crippen LogP contribution in [0.1, 0.15) is 186 Å². The monoisotopic (exact) mass is 746 g/mol. The number of aryl methyl sites for hydroxylation is 2. The van der Waals surface area contributed by atoms with Gasteiger partial charge in [0.05, 0.1) is 0 Å². The predicted octanol–water partition coefficient (Wildman–Crippen LogP) is 15.4. The quantitative estimate of drug-likeness (QED) is 0.0549. The molecule has 0 N–H and O–H groups in total. The van der Waals surface area contributed by atoms with Crippen LogP contribution in [0, 0.1) is 0 Å². The average Bonchev–Trinajstić information content (AvgIpc) is 3.38. The van der Waals surface area contributed by atoms with Crippen molar-refractivity contribution in [2.24, 2.45) is 0 Å². The summed E-state index contributed by atoms with van der Waals surface area (Å²) in [6, 6.07) is 18.0. The summed E-state index contributed by atoms with van der Waals surface area (Å²) < 4.78 is 1.57. The molecule has 48 heavy (non-hydrogen) atoms. The second kappa shape index (κ2) is 27.0. The Balaban J connectivity index is 0.00000149. The van der Waals surface area contributed by atoms with E-state index in [1.165, 1.54) is 121 Å². The van der Waals surface area contributed by atoms with E-state index in [9.17, 15) is 5.53 Å². The van der Waals surface area contributed by atoms with E-state index in [0.29, 0.717) is 0 Å². The number of unbranched alkanes of at least 4 members (excludes halogenated alkanes) is 13. The van der Waals surface area contributed by atoms with Crippen LogP contribution in [0.5, 0.6) is 0 Å². The normalized spacial score (nSPS) is 13.1. The van der Waals surface area contributed by atoms with Gasteiger partial charge in [-0.1, -0.05) is 135 Å². The third-order valence-electron chi connectivity index (χ3n) is 9.53. The topological polar surface area (TPSA) is 25.3 Å². The maximum atomic E-state index is 11.9. The van der Waals surface area contributed by atoms with Gasteiger partial charge in [-0.15, -0.1) is 0 Å². The minimum atomic E-state index is 1.02. The van der Waals surface area contributed by atoms with Crippen LogP contribution in [0.4, 0.5) is 0 Å². The molecule has 2 aromatic carbocycles. The summed E-state index contributed by atoms with van der Waals surface area (Å²) in [6.45, 7) is 13.6. The minimum absolute atomic E-state index is 1.02.